The minimum atomic E-state index is 0.768. The van der Waals surface area contributed by atoms with E-state index in [9.17, 15) is 0 Å². The standard InChI is InChI=1S/C7H9NO2/c9-8-4-1-2-7-3-5-10-6-7/h1,3-6,8-9H,2H2. The van der Waals surface area contributed by atoms with E-state index in [1.807, 2.05) is 11.5 Å². The van der Waals surface area contributed by atoms with Crippen molar-refractivity contribution in [1.29, 1.82) is 0 Å². The Balaban J connectivity index is 2.34. The summed E-state index contributed by atoms with van der Waals surface area (Å²) in [4.78, 5) is 0. The molecule has 0 spiro atoms. The average Bonchev–Trinajstić information content (AvgIpc) is 2.41. The number of hydrogen-bond acceptors (Lipinski definition) is 3. The summed E-state index contributed by atoms with van der Waals surface area (Å²) in [5, 5.41) is 8.13. The Hall–Kier alpha value is -1.22. The van der Waals surface area contributed by atoms with Gasteiger partial charge in [0.25, 0.3) is 0 Å². The van der Waals surface area contributed by atoms with Gasteiger partial charge in [0.1, 0.15) is 0 Å². The summed E-state index contributed by atoms with van der Waals surface area (Å²) in [6, 6.07) is 1.88. The van der Waals surface area contributed by atoms with Crippen LogP contribution in [0, 0.1) is 0 Å². The molecule has 0 unspecified atom stereocenters. The van der Waals surface area contributed by atoms with Gasteiger partial charge in [-0.2, -0.15) is 0 Å². The average molecular weight is 139 g/mol. The second-order valence-corrected chi connectivity index (χ2v) is 1.87. The second-order valence-electron chi connectivity index (χ2n) is 1.87. The summed E-state index contributed by atoms with van der Waals surface area (Å²) in [7, 11) is 0. The second kappa shape index (κ2) is 3.74. The van der Waals surface area contributed by atoms with Crippen molar-refractivity contribution < 1.29 is 9.62 Å². The number of rotatable bonds is 3. The van der Waals surface area contributed by atoms with E-state index in [-0.39, 0.29) is 0 Å². The van der Waals surface area contributed by atoms with Crippen LogP contribution in [-0.2, 0) is 6.42 Å². The van der Waals surface area contributed by atoms with E-state index >= 15 is 0 Å². The van der Waals surface area contributed by atoms with Crippen molar-refractivity contribution in [3.05, 3.63) is 36.4 Å². The lowest BCUT2D eigenvalue weighted by atomic mass is 10.2. The zero-order valence-corrected chi connectivity index (χ0v) is 5.45. The maximum absolute atomic E-state index is 8.13. The normalized spacial score (nSPS) is 10.5. The molecule has 3 nitrogen and oxygen atoms in total. The number of hydroxylamine groups is 1. The van der Waals surface area contributed by atoms with Crippen LogP contribution in [0.25, 0.3) is 0 Å². The molecule has 0 amide bonds. The largest absolute Gasteiger partial charge is 0.472 e. The SMILES string of the molecule is ONC=CCc1ccoc1. The van der Waals surface area contributed by atoms with Crippen LogP contribution in [-0.4, -0.2) is 5.21 Å². The number of allylic oxidation sites excluding steroid dienone is 1. The first-order valence-corrected chi connectivity index (χ1v) is 2.99. The molecular formula is C7H9NO2. The highest BCUT2D eigenvalue weighted by Crippen LogP contribution is 2.00. The smallest absolute Gasteiger partial charge is 0.0937 e. The maximum Gasteiger partial charge on any atom is 0.0937 e. The summed E-state index contributed by atoms with van der Waals surface area (Å²) in [5.41, 5.74) is 3.01. The molecule has 0 saturated carbocycles. The highest BCUT2D eigenvalue weighted by atomic mass is 16.5. The van der Waals surface area contributed by atoms with Gasteiger partial charge in [0.2, 0.25) is 0 Å². The molecule has 0 aliphatic heterocycles. The Bertz CT molecular complexity index is 191. The molecule has 0 atom stereocenters. The van der Waals surface area contributed by atoms with Gasteiger partial charge in [-0.3, -0.25) is 10.7 Å². The first-order chi connectivity index (χ1) is 4.93. The highest BCUT2D eigenvalue weighted by Gasteiger charge is 1.87. The minimum absolute atomic E-state index is 0.768. The van der Waals surface area contributed by atoms with E-state index < -0.39 is 0 Å². The molecule has 0 aliphatic carbocycles. The molecule has 3 heteroatoms. The molecule has 0 aliphatic rings. The van der Waals surface area contributed by atoms with E-state index in [1.165, 1.54) is 6.20 Å². The van der Waals surface area contributed by atoms with Crippen LogP contribution < -0.4 is 5.48 Å². The lowest BCUT2D eigenvalue weighted by Crippen LogP contribution is -1.92. The van der Waals surface area contributed by atoms with Gasteiger partial charge in [-0.15, -0.1) is 0 Å². The lowest BCUT2D eigenvalue weighted by Gasteiger charge is -1.85. The van der Waals surface area contributed by atoms with E-state index in [0.717, 1.165) is 12.0 Å². The van der Waals surface area contributed by atoms with E-state index in [0.29, 0.717) is 0 Å². The highest BCUT2D eigenvalue weighted by molar-refractivity contribution is 5.09. The molecule has 1 aromatic heterocycles. The molecule has 1 aromatic rings. The van der Waals surface area contributed by atoms with Gasteiger partial charge in [0.05, 0.1) is 12.5 Å². The monoisotopic (exact) mass is 139 g/mol. The predicted octanol–water partition coefficient (Wildman–Crippen LogP) is 1.31. The van der Waals surface area contributed by atoms with Crippen LogP contribution in [0.1, 0.15) is 5.56 Å². The fourth-order valence-electron chi connectivity index (χ4n) is 0.657. The molecule has 0 radical (unpaired) electrons. The van der Waals surface area contributed by atoms with Crippen molar-refractivity contribution >= 4 is 0 Å². The Kier molecular flexibility index (Phi) is 2.58. The predicted molar refractivity (Wildman–Crippen MR) is 36.5 cm³/mol. The Morgan fingerprint density at radius 1 is 1.70 bits per heavy atom. The topological polar surface area (TPSA) is 45.4 Å². The minimum Gasteiger partial charge on any atom is -0.472 e. The third kappa shape index (κ3) is 1.95. The number of nitrogens with one attached hydrogen (secondary N) is 1. The molecule has 10 heavy (non-hydrogen) atoms. The van der Waals surface area contributed by atoms with E-state index in [2.05, 4.69) is 0 Å². The van der Waals surface area contributed by atoms with Crippen LogP contribution in [0.5, 0.6) is 0 Å². The van der Waals surface area contributed by atoms with Crippen molar-refractivity contribution in [3.8, 4) is 0 Å². The molecule has 1 heterocycles. The van der Waals surface area contributed by atoms with Gasteiger partial charge in [-0.05, 0) is 18.1 Å². The van der Waals surface area contributed by atoms with E-state index in [4.69, 9.17) is 9.62 Å². The van der Waals surface area contributed by atoms with Crippen molar-refractivity contribution in [1.82, 2.24) is 5.48 Å². The third-order valence-electron chi connectivity index (χ3n) is 1.13. The summed E-state index contributed by atoms with van der Waals surface area (Å²) < 4.78 is 4.83. The van der Waals surface area contributed by atoms with Gasteiger partial charge in [0.15, 0.2) is 0 Å². The van der Waals surface area contributed by atoms with Crippen molar-refractivity contribution in [2.45, 2.75) is 6.42 Å². The van der Waals surface area contributed by atoms with Gasteiger partial charge < -0.3 is 4.42 Å². The van der Waals surface area contributed by atoms with Crippen LogP contribution in [0.15, 0.2) is 35.3 Å². The number of furan rings is 1. The summed E-state index contributed by atoms with van der Waals surface area (Å²) in [6.45, 7) is 0. The summed E-state index contributed by atoms with van der Waals surface area (Å²) >= 11 is 0. The van der Waals surface area contributed by atoms with Crippen molar-refractivity contribution in [2.75, 3.05) is 0 Å². The first kappa shape index (κ1) is 6.89. The van der Waals surface area contributed by atoms with Crippen LogP contribution in [0.2, 0.25) is 0 Å². The van der Waals surface area contributed by atoms with Crippen LogP contribution in [0.4, 0.5) is 0 Å². The Morgan fingerprint density at radius 3 is 3.20 bits per heavy atom. The van der Waals surface area contributed by atoms with Gasteiger partial charge in [0, 0.05) is 6.20 Å². The van der Waals surface area contributed by atoms with Crippen molar-refractivity contribution in [2.24, 2.45) is 0 Å². The molecule has 0 saturated heterocycles. The zero-order valence-electron chi connectivity index (χ0n) is 5.45. The third-order valence-corrected chi connectivity index (χ3v) is 1.13. The Labute approximate surface area is 58.9 Å². The van der Waals surface area contributed by atoms with E-state index in [1.54, 1.807) is 18.6 Å². The summed E-state index contributed by atoms with van der Waals surface area (Å²) in [6.07, 6.45) is 7.32. The molecule has 1 rings (SSSR count). The van der Waals surface area contributed by atoms with Gasteiger partial charge in [-0.1, -0.05) is 6.08 Å². The molecule has 2 N–H and O–H groups in total. The summed E-state index contributed by atoms with van der Waals surface area (Å²) in [5.74, 6) is 0. The first-order valence-electron chi connectivity index (χ1n) is 2.99. The zero-order chi connectivity index (χ0) is 7.23. The molecule has 0 bridgehead atoms. The molecule has 0 aromatic carbocycles. The van der Waals surface area contributed by atoms with Crippen LogP contribution in [0.3, 0.4) is 0 Å². The fourth-order valence-corrected chi connectivity index (χ4v) is 0.657. The van der Waals surface area contributed by atoms with Crippen molar-refractivity contribution in [3.63, 3.8) is 0 Å². The molecule has 54 valence electrons. The molecular weight excluding hydrogens is 130 g/mol. The quantitative estimate of drug-likeness (QED) is 0.620. The van der Waals surface area contributed by atoms with Crippen LogP contribution >= 0.6 is 0 Å². The Morgan fingerprint density at radius 2 is 2.60 bits per heavy atom. The molecule has 0 fully saturated rings. The fraction of sp³-hybridized carbons (Fsp3) is 0.143. The lowest BCUT2D eigenvalue weighted by molar-refractivity contribution is 0.214. The van der Waals surface area contributed by atoms with Gasteiger partial charge >= 0.3 is 0 Å². The van der Waals surface area contributed by atoms with Gasteiger partial charge in [-0.25, -0.2) is 0 Å². The maximum atomic E-state index is 8.13. The number of hydrogen-bond donors (Lipinski definition) is 2.